The zero-order valence-corrected chi connectivity index (χ0v) is 10.9. The minimum Gasteiger partial charge on any atom is -0.494 e. The van der Waals surface area contributed by atoms with Gasteiger partial charge in [0, 0.05) is 6.04 Å². The summed E-state index contributed by atoms with van der Waals surface area (Å²) < 4.78 is 5.45. The molecule has 0 aliphatic heterocycles. The summed E-state index contributed by atoms with van der Waals surface area (Å²) in [5.41, 5.74) is 9.54. The molecule has 0 heterocycles. The van der Waals surface area contributed by atoms with Gasteiger partial charge >= 0.3 is 0 Å². The fraction of sp³-hybridized carbons (Fsp3) is 0.250. The third-order valence-electron chi connectivity index (χ3n) is 2.93. The average Bonchev–Trinajstić information content (AvgIpc) is 2.40. The maximum atomic E-state index is 6.00. The molecule has 2 nitrogen and oxygen atoms in total. The Morgan fingerprint density at radius 2 is 1.72 bits per heavy atom. The van der Waals surface area contributed by atoms with Crippen molar-refractivity contribution < 1.29 is 4.74 Å². The Bertz CT molecular complexity index is 503. The van der Waals surface area contributed by atoms with Gasteiger partial charge in [-0.15, -0.1) is 0 Å². The van der Waals surface area contributed by atoms with Crippen molar-refractivity contribution in [2.45, 2.75) is 19.9 Å². The highest BCUT2D eigenvalue weighted by Crippen LogP contribution is 2.28. The molecule has 1 atom stereocenters. The number of rotatable bonds is 4. The molecule has 0 spiro atoms. The van der Waals surface area contributed by atoms with E-state index in [1.165, 1.54) is 16.7 Å². The summed E-state index contributed by atoms with van der Waals surface area (Å²) in [5.74, 6) is 0.902. The van der Waals surface area contributed by atoms with E-state index in [-0.39, 0.29) is 6.04 Å². The van der Waals surface area contributed by atoms with Crippen LogP contribution in [-0.2, 0) is 0 Å². The quantitative estimate of drug-likeness (QED) is 0.884. The molecule has 94 valence electrons. The van der Waals surface area contributed by atoms with E-state index in [1.807, 2.05) is 38.1 Å². The number of nitrogens with two attached hydrogens (primary N) is 1. The van der Waals surface area contributed by atoms with E-state index in [0.29, 0.717) is 6.61 Å². The van der Waals surface area contributed by atoms with Gasteiger partial charge in [0.25, 0.3) is 0 Å². The Morgan fingerprint density at radius 3 is 2.33 bits per heavy atom. The van der Waals surface area contributed by atoms with Gasteiger partial charge in [-0.3, -0.25) is 0 Å². The maximum absolute atomic E-state index is 6.00. The second-order valence-corrected chi connectivity index (χ2v) is 4.33. The fourth-order valence-electron chi connectivity index (χ4n) is 2.05. The highest BCUT2D eigenvalue weighted by Gasteiger charge is 2.07. The topological polar surface area (TPSA) is 35.2 Å². The van der Waals surface area contributed by atoms with Gasteiger partial charge in [-0.05, 0) is 42.7 Å². The average molecular weight is 241 g/mol. The minimum absolute atomic E-state index is 0.0350. The van der Waals surface area contributed by atoms with Crippen LogP contribution >= 0.6 is 0 Å². The molecule has 0 aromatic heterocycles. The Morgan fingerprint density at radius 1 is 1.06 bits per heavy atom. The Hall–Kier alpha value is -1.80. The molecule has 0 saturated heterocycles. The van der Waals surface area contributed by atoms with Crippen LogP contribution in [0.25, 0.3) is 11.1 Å². The van der Waals surface area contributed by atoms with E-state index in [2.05, 4.69) is 24.3 Å². The van der Waals surface area contributed by atoms with E-state index >= 15 is 0 Å². The Labute approximate surface area is 108 Å². The van der Waals surface area contributed by atoms with Gasteiger partial charge in [-0.2, -0.15) is 0 Å². The molecule has 2 rings (SSSR count). The minimum atomic E-state index is 0.0350. The first-order chi connectivity index (χ1) is 8.72. The lowest BCUT2D eigenvalue weighted by Crippen LogP contribution is -2.06. The van der Waals surface area contributed by atoms with Crippen LogP contribution in [0.5, 0.6) is 5.75 Å². The summed E-state index contributed by atoms with van der Waals surface area (Å²) in [6, 6.07) is 16.4. The lowest BCUT2D eigenvalue weighted by Gasteiger charge is -2.13. The SMILES string of the molecule is CCOc1ccc(-c2ccccc2C(C)N)cc1. The first-order valence-corrected chi connectivity index (χ1v) is 6.30. The summed E-state index contributed by atoms with van der Waals surface area (Å²) in [5, 5.41) is 0. The summed E-state index contributed by atoms with van der Waals surface area (Å²) in [4.78, 5) is 0. The lowest BCUT2D eigenvalue weighted by atomic mass is 9.96. The number of hydrogen-bond donors (Lipinski definition) is 1. The second-order valence-electron chi connectivity index (χ2n) is 4.33. The molecule has 2 aromatic rings. The molecular formula is C16H19NO. The normalized spacial score (nSPS) is 12.2. The molecule has 0 fully saturated rings. The summed E-state index contributed by atoms with van der Waals surface area (Å²) >= 11 is 0. The maximum Gasteiger partial charge on any atom is 0.119 e. The monoisotopic (exact) mass is 241 g/mol. The van der Waals surface area contributed by atoms with E-state index in [9.17, 15) is 0 Å². The van der Waals surface area contributed by atoms with Crippen LogP contribution in [0, 0.1) is 0 Å². The summed E-state index contributed by atoms with van der Waals surface area (Å²) in [6.45, 7) is 4.68. The van der Waals surface area contributed by atoms with Gasteiger partial charge in [0.15, 0.2) is 0 Å². The van der Waals surface area contributed by atoms with E-state index in [0.717, 1.165) is 5.75 Å². The largest absolute Gasteiger partial charge is 0.494 e. The van der Waals surface area contributed by atoms with E-state index in [1.54, 1.807) is 0 Å². The van der Waals surface area contributed by atoms with Crippen molar-refractivity contribution in [2.75, 3.05) is 6.61 Å². The lowest BCUT2D eigenvalue weighted by molar-refractivity contribution is 0.340. The third-order valence-corrected chi connectivity index (χ3v) is 2.93. The molecule has 1 unspecified atom stereocenters. The molecule has 0 aliphatic rings. The molecule has 0 saturated carbocycles. The first kappa shape index (κ1) is 12.7. The van der Waals surface area contributed by atoms with Gasteiger partial charge in [0.2, 0.25) is 0 Å². The Balaban J connectivity index is 2.36. The molecule has 2 N–H and O–H groups in total. The van der Waals surface area contributed by atoms with Crippen molar-refractivity contribution in [1.82, 2.24) is 0 Å². The van der Waals surface area contributed by atoms with Crippen LogP contribution in [0.4, 0.5) is 0 Å². The summed E-state index contributed by atoms with van der Waals surface area (Å²) in [6.07, 6.45) is 0. The van der Waals surface area contributed by atoms with Crippen molar-refractivity contribution in [3.05, 3.63) is 54.1 Å². The molecule has 2 heteroatoms. The van der Waals surface area contributed by atoms with Crippen molar-refractivity contribution in [2.24, 2.45) is 5.73 Å². The second kappa shape index (κ2) is 5.69. The van der Waals surface area contributed by atoms with Crippen molar-refractivity contribution in [3.63, 3.8) is 0 Å². The molecule has 0 radical (unpaired) electrons. The predicted molar refractivity (Wildman–Crippen MR) is 75.6 cm³/mol. The fourth-order valence-corrected chi connectivity index (χ4v) is 2.05. The van der Waals surface area contributed by atoms with Gasteiger partial charge < -0.3 is 10.5 Å². The highest BCUT2D eigenvalue weighted by atomic mass is 16.5. The van der Waals surface area contributed by atoms with Crippen molar-refractivity contribution >= 4 is 0 Å². The molecular weight excluding hydrogens is 222 g/mol. The van der Waals surface area contributed by atoms with Crippen LogP contribution < -0.4 is 10.5 Å². The third kappa shape index (κ3) is 2.71. The molecule has 0 bridgehead atoms. The number of benzene rings is 2. The van der Waals surface area contributed by atoms with Crippen LogP contribution in [-0.4, -0.2) is 6.61 Å². The predicted octanol–water partition coefficient (Wildman–Crippen LogP) is 3.77. The van der Waals surface area contributed by atoms with Gasteiger partial charge in [-0.1, -0.05) is 36.4 Å². The van der Waals surface area contributed by atoms with Gasteiger partial charge in [0.1, 0.15) is 5.75 Å². The number of ether oxygens (including phenoxy) is 1. The zero-order valence-electron chi connectivity index (χ0n) is 10.9. The van der Waals surface area contributed by atoms with E-state index in [4.69, 9.17) is 10.5 Å². The summed E-state index contributed by atoms with van der Waals surface area (Å²) in [7, 11) is 0. The van der Waals surface area contributed by atoms with Crippen LogP contribution in [0.2, 0.25) is 0 Å². The van der Waals surface area contributed by atoms with Gasteiger partial charge in [-0.25, -0.2) is 0 Å². The first-order valence-electron chi connectivity index (χ1n) is 6.30. The van der Waals surface area contributed by atoms with Gasteiger partial charge in [0.05, 0.1) is 6.61 Å². The van der Waals surface area contributed by atoms with E-state index < -0.39 is 0 Å². The zero-order chi connectivity index (χ0) is 13.0. The van der Waals surface area contributed by atoms with Crippen molar-refractivity contribution in [1.29, 1.82) is 0 Å². The smallest absolute Gasteiger partial charge is 0.119 e. The molecule has 18 heavy (non-hydrogen) atoms. The van der Waals surface area contributed by atoms with Crippen LogP contribution in [0.1, 0.15) is 25.5 Å². The molecule has 2 aromatic carbocycles. The van der Waals surface area contributed by atoms with Crippen molar-refractivity contribution in [3.8, 4) is 16.9 Å². The Kier molecular flexibility index (Phi) is 4.00. The molecule has 0 aliphatic carbocycles. The van der Waals surface area contributed by atoms with Crippen LogP contribution in [0.3, 0.4) is 0 Å². The highest BCUT2D eigenvalue weighted by molar-refractivity contribution is 5.68. The number of hydrogen-bond acceptors (Lipinski definition) is 2. The molecule has 0 amide bonds. The van der Waals surface area contributed by atoms with Crippen LogP contribution in [0.15, 0.2) is 48.5 Å². The standard InChI is InChI=1S/C16H19NO/c1-3-18-14-10-8-13(9-11-14)16-7-5-4-6-15(16)12(2)17/h4-12H,3,17H2,1-2H3.